The van der Waals surface area contributed by atoms with Crippen molar-refractivity contribution < 1.29 is 9.13 Å². The van der Waals surface area contributed by atoms with E-state index in [0.717, 1.165) is 5.56 Å². The maximum atomic E-state index is 13.7. The Balaban J connectivity index is 2.19. The average Bonchev–Trinajstić information content (AvgIpc) is 2.43. The third kappa shape index (κ3) is 3.46. The van der Waals surface area contributed by atoms with Crippen LogP contribution in [0.3, 0.4) is 0 Å². The SMILES string of the molecule is CCOc1cncc(C(N)Cc2c(F)cccc2Cl)c1. The number of rotatable bonds is 5. The molecule has 2 rings (SSSR count). The minimum Gasteiger partial charge on any atom is -0.492 e. The molecule has 0 aliphatic heterocycles. The van der Waals surface area contributed by atoms with Gasteiger partial charge in [0.15, 0.2) is 0 Å². The molecule has 3 nitrogen and oxygen atoms in total. The molecule has 1 heterocycles. The van der Waals surface area contributed by atoms with Crippen molar-refractivity contribution in [2.24, 2.45) is 5.73 Å². The lowest BCUT2D eigenvalue weighted by molar-refractivity contribution is 0.338. The van der Waals surface area contributed by atoms with Crippen LogP contribution in [-0.2, 0) is 6.42 Å². The van der Waals surface area contributed by atoms with E-state index < -0.39 is 6.04 Å². The van der Waals surface area contributed by atoms with Gasteiger partial charge >= 0.3 is 0 Å². The number of ether oxygens (including phenoxy) is 1. The van der Waals surface area contributed by atoms with Gasteiger partial charge < -0.3 is 10.5 Å². The molecule has 2 N–H and O–H groups in total. The van der Waals surface area contributed by atoms with Crippen molar-refractivity contribution in [3.8, 4) is 5.75 Å². The summed E-state index contributed by atoms with van der Waals surface area (Å²) in [6, 6.07) is 6.03. The lowest BCUT2D eigenvalue weighted by atomic mass is 10.0. The number of hydrogen-bond acceptors (Lipinski definition) is 3. The minimum atomic E-state index is -0.391. The molecule has 0 aliphatic rings. The number of aromatic nitrogens is 1. The molecule has 5 heteroatoms. The highest BCUT2D eigenvalue weighted by Crippen LogP contribution is 2.25. The van der Waals surface area contributed by atoms with Crippen molar-refractivity contribution in [2.45, 2.75) is 19.4 Å². The Morgan fingerprint density at radius 1 is 1.40 bits per heavy atom. The largest absolute Gasteiger partial charge is 0.492 e. The fourth-order valence-electron chi connectivity index (χ4n) is 1.95. The molecule has 0 radical (unpaired) electrons. The van der Waals surface area contributed by atoms with Crippen LogP contribution in [0.2, 0.25) is 5.02 Å². The second-order valence-corrected chi connectivity index (χ2v) is 4.81. The van der Waals surface area contributed by atoms with E-state index in [1.165, 1.54) is 6.07 Å². The molecular formula is C15H16ClFN2O. The van der Waals surface area contributed by atoms with Crippen LogP contribution in [-0.4, -0.2) is 11.6 Å². The van der Waals surface area contributed by atoms with E-state index in [0.29, 0.717) is 29.4 Å². The summed E-state index contributed by atoms with van der Waals surface area (Å²) in [4.78, 5) is 4.08. The van der Waals surface area contributed by atoms with Crippen LogP contribution >= 0.6 is 11.6 Å². The fraction of sp³-hybridized carbons (Fsp3) is 0.267. The number of nitrogens with zero attached hydrogens (tertiary/aromatic N) is 1. The number of hydrogen-bond donors (Lipinski definition) is 1. The molecule has 2 aromatic rings. The van der Waals surface area contributed by atoms with Crippen molar-refractivity contribution in [1.82, 2.24) is 4.98 Å². The van der Waals surface area contributed by atoms with E-state index in [1.807, 2.05) is 13.0 Å². The second kappa shape index (κ2) is 6.68. The van der Waals surface area contributed by atoms with Gasteiger partial charge in [-0.2, -0.15) is 0 Å². The molecule has 1 atom stereocenters. The van der Waals surface area contributed by atoms with E-state index >= 15 is 0 Å². The zero-order valence-corrected chi connectivity index (χ0v) is 11.9. The minimum absolute atomic E-state index is 0.308. The van der Waals surface area contributed by atoms with Crippen LogP contribution in [0, 0.1) is 5.82 Å². The monoisotopic (exact) mass is 294 g/mol. The lowest BCUT2D eigenvalue weighted by Gasteiger charge is -2.14. The Morgan fingerprint density at radius 2 is 2.20 bits per heavy atom. The molecular weight excluding hydrogens is 279 g/mol. The Morgan fingerprint density at radius 3 is 2.90 bits per heavy atom. The molecule has 1 unspecified atom stereocenters. The van der Waals surface area contributed by atoms with Gasteiger partial charge in [0.2, 0.25) is 0 Å². The molecule has 0 saturated heterocycles. The van der Waals surface area contributed by atoms with Gasteiger partial charge in [0.25, 0.3) is 0 Å². The summed E-state index contributed by atoms with van der Waals surface area (Å²) in [7, 11) is 0. The molecule has 0 fully saturated rings. The predicted molar refractivity (Wildman–Crippen MR) is 77.4 cm³/mol. The Kier molecular flexibility index (Phi) is 4.93. The third-order valence-corrected chi connectivity index (χ3v) is 3.31. The normalized spacial score (nSPS) is 12.2. The number of nitrogens with two attached hydrogens (primary N) is 1. The number of benzene rings is 1. The predicted octanol–water partition coefficient (Wildman–Crippen LogP) is 3.52. The quantitative estimate of drug-likeness (QED) is 0.918. The first-order valence-corrected chi connectivity index (χ1v) is 6.75. The molecule has 0 saturated carbocycles. The zero-order chi connectivity index (χ0) is 14.5. The van der Waals surface area contributed by atoms with Crippen LogP contribution in [0.25, 0.3) is 0 Å². The molecule has 0 amide bonds. The van der Waals surface area contributed by atoms with Crippen LogP contribution in [0.1, 0.15) is 24.1 Å². The summed E-state index contributed by atoms with van der Waals surface area (Å²) in [6.07, 6.45) is 3.58. The van der Waals surface area contributed by atoms with Gasteiger partial charge in [-0.1, -0.05) is 17.7 Å². The van der Waals surface area contributed by atoms with Gasteiger partial charge in [-0.15, -0.1) is 0 Å². The van der Waals surface area contributed by atoms with Gasteiger partial charge in [0.05, 0.1) is 12.8 Å². The first-order valence-electron chi connectivity index (χ1n) is 6.38. The van der Waals surface area contributed by atoms with E-state index in [2.05, 4.69) is 4.98 Å². The van der Waals surface area contributed by atoms with Gasteiger partial charge in [-0.25, -0.2) is 4.39 Å². The molecule has 0 aliphatic carbocycles. The summed E-state index contributed by atoms with van der Waals surface area (Å²) in [5.41, 5.74) is 7.32. The van der Waals surface area contributed by atoms with E-state index in [4.69, 9.17) is 22.1 Å². The van der Waals surface area contributed by atoms with Crippen LogP contribution in [0.15, 0.2) is 36.7 Å². The molecule has 1 aromatic carbocycles. The summed E-state index contributed by atoms with van der Waals surface area (Å²) in [5, 5.41) is 0.384. The maximum Gasteiger partial charge on any atom is 0.137 e. The number of pyridine rings is 1. The van der Waals surface area contributed by atoms with Gasteiger partial charge in [0.1, 0.15) is 11.6 Å². The highest BCUT2D eigenvalue weighted by atomic mass is 35.5. The summed E-state index contributed by atoms with van der Waals surface area (Å²) in [5.74, 6) is 0.307. The lowest BCUT2D eigenvalue weighted by Crippen LogP contribution is -2.15. The molecule has 0 spiro atoms. The Hall–Kier alpha value is -1.65. The summed E-state index contributed by atoms with van der Waals surface area (Å²) < 4.78 is 19.1. The highest BCUT2D eigenvalue weighted by molar-refractivity contribution is 6.31. The molecule has 20 heavy (non-hydrogen) atoms. The van der Waals surface area contributed by atoms with Gasteiger partial charge in [-0.05, 0) is 37.1 Å². The highest BCUT2D eigenvalue weighted by Gasteiger charge is 2.14. The van der Waals surface area contributed by atoms with E-state index in [9.17, 15) is 4.39 Å². The smallest absolute Gasteiger partial charge is 0.137 e. The second-order valence-electron chi connectivity index (χ2n) is 4.40. The Bertz CT molecular complexity index is 572. The van der Waals surface area contributed by atoms with Crippen molar-refractivity contribution in [3.05, 3.63) is 58.6 Å². The molecule has 0 bridgehead atoms. The van der Waals surface area contributed by atoms with Gasteiger partial charge in [-0.3, -0.25) is 4.98 Å². The van der Waals surface area contributed by atoms with E-state index in [1.54, 1.807) is 24.5 Å². The van der Waals surface area contributed by atoms with Crippen molar-refractivity contribution >= 4 is 11.6 Å². The summed E-state index contributed by atoms with van der Waals surface area (Å²) in [6.45, 7) is 2.45. The standard InChI is InChI=1S/C15H16ClFN2O/c1-2-20-11-6-10(8-19-9-11)15(18)7-12-13(16)4-3-5-14(12)17/h3-6,8-9,15H,2,7,18H2,1H3. The first kappa shape index (κ1) is 14.8. The van der Waals surface area contributed by atoms with Crippen molar-refractivity contribution in [1.29, 1.82) is 0 Å². The Labute approximate surface area is 122 Å². The summed E-state index contributed by atoms with van der Waals surface area (Å²) >= 11 is 6.01. The van der Waals surface area contributed by atoms with Crippen LogP contribution in [0.5, 0.6) is 5.75 Å². The fourth-order valence-corrected chi connectivity index (χ4v) is 2.19. The van der Waals surface area contributed by atoms with Crippen LogP contribution < -0.4 is 10.5 Å². The van der Waals surface area contributed by atoms with Crippen molar-refractivity contribution in [2.75, 3.05) is 6.61 Å². The number of halogens is 2. The maximum absolute atomic E-state index is 13.7. The zero-order valence-electron chi connectivity index (χ0n) is 11.1. The van der Waals surface area contributed by atoms with Gasteiger partial charge in [0, 0.05) is 22.8 Å². The van der Waals surface area contributed by atoms with Crippen LogP contribution in [0.4, 0.5) is 4.39 Å². The molecule has 106 valence electrons. The first-order chi connectivity index (χ1) is 9.61. The van der Waals surface area contributed by atoms with E-state index in [-0.39, 0.29) is 5.82 Å². The molecule has 1 aromatic heterocycles. The third-order valence-electron chi connectivity index (χ3n) is 2.96. The topological polar surface area (TPSA) is 48.1 Å². The van der Waals surface area contributed by atoms with Crippen molar-refractivity contribution in [3.63, 3.8) is 0 Å². The average molecular weight is 295 g/mol.